The molecule has 2 aliphatic carbocycles. The molecule has 4 aromatic rings. The highest BCUT2D eigenvalue weighted by atomic mass is 32.2. The van der Waals surface area contributed by atoms with Crippen LogP contribution in [-0.4, -0.2) is 31.7 Å². The Balaban J connectivity index is 0.000000171. The van der Waals surface area contributed by atoms with E-state index in [1.807, 2.05) is 37.7 Å². The summed E-state index contributed by atoms with van der Waals surface area (Å²) >= 11 is 1.91. The van der Waals surface area contributed by atoms with Gasteiger partial charge in [-0.1, -0.05) is 116 Å². The van der Waals surface area contributed by atoms with Gasteiger partial charge in [0.2, 0.25) is 0 Å². The minimum absolute atomic E-state index is 0.886. The zero-order chi connectivity index (χ0) is 40.6. The van der Waals surface area contributed by atoms with E-state index in [4.69, 9.17) is 9.47 Å². The first-order valence-corrected chi connectivity index (χ1v) is 22.1. The summed E-state index contributed by atoms with van der Waals surface area (Å²) in [4.78, 5) is 7.78. The number of aryl methyl sites for hydroxylation is 4. The number of ether oxygens (including phenoxy) is 2. The van der Waals surface area contributed by atoms with Gasteiger partial charge in [-0.05, 0) is 148 Å². The number of para-hydroxylation sites is 1. The number of fused-ring (bicyclic) bond motifs is 2. The van der Waals surface area contributed by atoms with Crippen molar-refractivity contribution in [3.63, 3.8) is 0 Å². The van der Waals surface area contributed by atoms with Crippen LogP contribution in [0.1, 0.15) is 100 Å². The first-order valence-electron chi connectivity index (χ1n) is 21.3. The smallest absolute Gasteiger partial charge is 0.122 e. The zero-order valence-electron chi connectivity index (χ0n) is 36.0. The van der Waals surface area contributed by atoms with Gasteiger partial charge in [-0.25, -0.2) is 0 Å². The first kappa shape index (κ1) is 43.5. The van der Waals surface area contributed by atoms with Crippen molar-refractivity contribution in [1.82, 2.24) is 4.90 Å². The number of methoxy groups -OCH3 is 1. The van der Waals surface area contributed by atoms with E-state index in [0.29, 0.717) is 0 Å². The van der Waals surface area contributed by atoms with E-state index >= 15 is 0 Å². The van der Waals surface area contributed by atoms with E-state index in [2.05, 4.69) is 142 Å². The quantitative estimate of drug-likeness (QED) is 0.168. The maximum Gasteiger partial charge on any atom is 0.122 e. The number of anilines is 1. The van der Waals surface area contributed by atoms with Crippen LogP contribution < -0.4 is 14.4 Å². The van der Waals surface area contributed by atoms with Crippen LogP contribution in [0.4, 0.5) is 5.69 Å². The third-order valence-corrected chi connectivity index (χ3v) is 12.0. The summed E-state index contributed by atoms with van der Waals surface area (Å²) in [5.74, 6) is 2.07. The van der Waals surface area contributed by atoms with E-state index in [1.165, 1.54) is 85.0 Å². The predicted molar refractivity (Wildman–Crippen MR) is 246 cm³/mol. The van der Waals surface area contributed by atoms with Crippen molar-refractivity contribution in [2.75, 3.05) is 31.7 Å². The minimum Gasteiger partial charge on any atom is -0.496 e. The Labute approximate surface area is 349 Å². The van der Waals surface area contributed by atoms with E-state index in [0.717, 1.165) is 70.0 Å². The highest BCUT2D eigenvalue weighted by Gasteiger charge is 2.22. The summed E-state index contributed by atoms with van der Waals surface area (Å²) in [7, 11) is 1.74. The monoisotopic (exact) mass is 782 g/mol. The molecule has 0 saturated carbocycles. The molecule has 302 valence electrons. The number of benzene rings is 4. The summed E-state index contributed by atoms with van der Waals surface area (Å²) in [6.45, 7) is 20.0. The summed E-state index contributed by atoms with van der Waals surface area (Å²) in [5, 5.41) is 0. The molecule has 4 aromatic carbocycles. The third-order valence-electron chi connectivity index (χ3n) is 10.9. The number of allylic oxidation sites excluding steroid dienone is 6. The van der Waals surface area contributed by atoms with Crippen LogP contribution in [0, 0.1) is 13.8 Å². The fourth-order valence-electron chi connectivity index (χ4n) is 7.60. The molecular formula is C52H66N2O2S. The molecule has 0 saturated heterocycles. The summed E-state index contributed by atoms with van der Waals surface area (Å²) < 4.78 is 10.9. The molecule has 5 heteroatoms. The lowest BCUT2D eigenvalue weighted by atomic mass is 9.98. The van der Waals surface area contributed by atoms with Crippen molar-refractivity contribution in [3.8, 4) is 11.5 Å². The second kappa shape index (κ2) is 22.4. The molecule has 0 amide bonds. The van der Waals surface area contributed by atoms with Gasteiger partial charge in [0.15, 0.2) is 0 Å². The zero-order valence-corrected chi connectivity index (χ0v) is 36.8. The number of likely N-dealkylation sites (N-methyl/N-ethyl adjacent to an activating group) is 1. The van der Waals surface area contributed by atoms with E-state index in [-0.39, 0.29) is 0 Å². The van der Waals surface area contributed by atoms with Gasteiger partial charge in [-0.15, -0.1) is 0 Å². The normalized spacial score (nSPS) is 15.2. The molecule has 0 bridgehead atoms. The van der Waals surface area contributed by atoms with E-state index < -0.39 is 0 Å². The van der Waals surface area contributed by atoms with Gasteiger partial charge in [-0.2, -0.15) is 0 Å². The SMILES string of the molecule is CC.CCc1cc(N(CC)CC2=CCCC=C2C)ccc1OC.Cc1ccc(SC2=CC=C(N3Cc4ccc(C)cc4C3)CC2)cc1.c1ccc2c(c1)CCCO2. The average molecular weight is 783 g/mol. The van der Waals surface area contributed by atoms with Crippen LogP contribution in [0.2, 0.25) is 0 Å². The fraction of sp³-hybridized carbons (Fsp3) is 0.385. The number of thioether (sulfide) groups is 1. The van der Waals surface area contributed by atoms with Crippen LogP contribution in [0.15, 0.2) is 136 Å². The van der Waals surface area contributed by atoms with Crippen molar-refractivity contribution in [2.45, 2.75) is 111 Å². The Hall–Kier alpha value is -4.61. The fourth-order valence-corrected chi connectivity index (χ4v) is 8.52. The highest BCUT2D eigenvalue weighted by Crippen LogP contribution is 2.37. The molecule has 0 N–H and O–H groups in total. The molecule has 4 nitrogen and oxygen atoms in total. The number of hydrogen-bond donors (Lipinski definition) is 0. The summed E-state index contributed by atoms with van der Waals surface area (Å²) in [6.07, 6.45) is 17.4. The highest BCUT2D eigenvalue weighted by molar-refractivity contribution is 8.03. The predicted octanol–water partition coefficient (Wildman–Crippen LogP) is 13.8. The third kappa shape index (κ3) is 12.4. The first-order chi connectivity index (χ1) is 27.8. The summed E-state index contributed by atoms with van der Waals surface area (Å²) in [6, 6.07) is 30.5. The standard InChI is InChI=1S/C22H23NS.C19H27NO.C9H10O.C2H6/c1-16-4-9-21(10-5-16)24-22-11-7-20(8-12-22)23-14-18-6-3-17(2)13-19(18)15-23;1-5-16-13-18(11-12-19(16)21-4)20(6-2)14-17-10-8-7-9-15(17)3;1-2-6-9-8(4-1)5-3-7-10-9;1-2/h3-7,9-11,13H,8,12,14-15H2,1-2H3;9-13H,5-8,14H2,1-4H3;1-2,4,6H,3,5,7H2;1-2H3. The topological polar surface area (TPSA) is 24.9 Å². The molecule has 0 aromatic heterocycles. The van der Waals surface area contributed by atoms with Gasteiger partial charge in [0.05, 0.1) is 13.7 Å². The lowest BCUT2D eigenvalue weighted by molar-refractivity contribution is 0.288. The Morgan fingerprint density at radius 1 is 0.754 bits per heavy atom. The lowest BCUT2D eigenvalue weighted by Gasteiger charge is -2.27. The molecule has 2 heterocycles. The maximum atomic E-state index is 5.43. The van der Waals surface area contributed by atoms with Gasteiger partial charge in [0.1, 0.15) is 11.5 Å². The largest absolute Gasteiger partial charge is 0.496 e. The number of nitrogens with zero attached hydrogens (tertiary/aromatic N) is 2. The molecule has 8 rings (SSSR count). The van der Waals surface area contributed by atoms with Crippen LogP contribution in [0.5, 0.6) is 11.5 Å². The molecule has 0 atom stereocenters. The van der Waals surface area contributed by atoms with Gasteiger partial charge in [-0.3, -0.25) is 0 Å². The van der Waals surface area contributed by atoms with E-state index in [9.17, 15) is 0 Å². The molecular weight excluding hydrogens is 717 g/mol. The molecule has 0 radical (unpaired) electrons. The van der Waals surface area contributed by atoms with Crippen molar-refractivity contribution in [2.24, 2.45) is 0 Å². The second-order valence-electron chi connectivity index (χ2n) is 15.0. The molecule has 2 aliphatic heterocycles. The Morgan fingerprint density at radius 2 is 1.51 bits per heavy atom. The number of rotatable bonds is 9. The van der Waals surface area contributed by atoms with Crippen LogP contribution in [0.3, 0.4) is 0 Å². The van der Waals surface area contributed by atoms with Crippen molar-refractivity contribution < 1.29 is 9.47 Å². The van der Waals surface area contributed by atoms with Crippen molar-refractivity contribution in [3.05, 3.63) is 164 Å². The van der Waals surface area contributed by atoms with Gasteiger partial charge in [0.25, 0.3) is 0 Å². The Morgan fingerprint density at radius 3 is 2.21 bits per heavy atom. The van der Waals surface area contributed by atoms with Gasteiger partial charge < -0.3 is 19.3 Å². The van der Waals surface area contributed by atoms with Crippen molar-refractivity contribution in [1.29, 1.82) is 0 Å². The van der Waals surface area contributed by atoms with Crippen molar-refractivity contribution >= 4 is 17.4 Å². The minimum atomic E-state index is 0.886. The molecule has 4 aliphatic rings. The number of hydrogen-bond acceptors (Lipinski definition) is 5. The summed E-state index contributed by atoms with van der Waals surface area (Å²) in [5.41, 5.74) is 14.0. The van der Waals surface area contributed by atoms with Crippen LogP contribution in [0.25, 0.3) is 0 Å². The maximum absolute atomic E-state index is 5.43. The Kier molecular flexibility index (Phi) is 17.1. The van der Waals surface area contributed by atoms with Crippen LogP contribution in [-0.2, 0) is 25.9 Å². The Bertz CT molecular complexity index is 2000. The second-order valence-corrected chi connectivity index (χ2v) is 16.2. The molecule has 0 spiro atoms. The molecule has 0 fully saturated rings. The average Bonchev–Trinajstić information content (AvgIpc) is 3.69. The van der Waals surface area contributed by atoms with Gasteiger partial charge >= 0.3 is 0 Å². The van der Waals surface area contributed by atoms with E-state index in [1.54, 1.807) is 7.11 Å². The van der Waals surface area contributed by atoms with Gasteiger partial charge in [0, 0.05) is 42.5 Å². The lowest BCUT2D eigenvalue weighted by Crippen LogP contribution is -2.26. The van der Waals surface area contributed by atoms with Crippen LogP contribution >= 0.6 is 11.8 Å². The molecule has 0 unspecified atom stereocenters. The molecule has 57 heavy (non-hydrogen) atoms.